The molecule has 2 aromatic rings. The number of nitrogens with zero attached hydrogens (tertiary/aromatic N) is 2. The van der Waals surface area contributed by atoms with Crippen LogP contribution < -0.4 is 0 Å². The second-order valence-electron chi connectivity index (χ2n) is 6.52. The van der Waals surface area contributed by atoms with Gasteiger partial charge in [-0.3, -0.25) is 9.88 Å². The first kappa shape index (κ1) is 13.0. The van der Waals surface area contributed by atoms with Gasteiger partial charge in [0.25, 0.3) is 0 Å². The monoisotopic (exact) mass is 278 g/mol. The van der Waals surface area contributed by atoms with E-state index in [0.717, 1.165) is 17.9 Å². The minimum absolute atomic E-state index is 0.700. The number of piperidine rings is 3. The van der Waals surface area contributed by atoms with E-state index in [4.69, 9.17) is 0 Å². The maximum Gasteiger partial charge on any atom is 0.0704 e. The Morgan fingerprint density at radius 3 is 3.00 bits per heavy atom. The third-order valence-electron chi connectivity index (χ3n) is 5.43. The molecule has 0 saturated carbocycles. The molecule has 4 atom stereocenters. The zero-order valence-electron chi connectivity index (χ0n) is 12.4. The SMILES string of the molecule is C=C[C@H]1CN2CC[C@H]1C[C@H]2Cc1ccnc2ccccc12. The van der Waals surface area contributed by atoms with E-state index >= 15 is 0 Å². The van der Waals surface area contributed by atoms with Crippen molar-refractivity contribution >= 4 is 10.9 Å². The summed E-state index contributed by atoms with van der Waals surface area (Å²) in [5, 5.41) is 1.32. The van der Waals surface area contributed by atoms with Crippen molar-refractivity contribution in [1.82, 2.24) is 9.88 Å². The van der Waals surface area contributed by atoms with Gasteiger partial charge in [-0.05, 0) is 55.3 Å². The number of hydrogen-bond donors (Lipinski definition) is 0. The summed E-state index contributed by atoms with van der Waals surface area (Å²) < 4.78 is 0. The molecule has 3 aliphatic heterocycles. The molecule has 3 aliphatic rings. The van der Waals surface area contributed by atoms with Gasteiger partial charge in [0.2, 0.25) is 0 Å². The fourth-order valence-electron chi connectivity index (χ4n) is 4.25. The van der Waals surface area contributed by atoms with Crippen molar-refractivity contribution in [3.63, 3.8) is 0 Å². The summed E-state index contributed by atoms with van der Waals surface area (Å²) >= 11 is 0. The fourth-order valence-corrected chi connectivity index (χ4v) is 4.25. The second kappa shape index (κ2) is 5.27. The van der Waals surface area contributed by atoms with Crippen LogP contribution in [0.3, 0.4) is 0 Å². The van der Waals surface area contributed by atoms with Crippen LogP contribution in [0.4, 0.5) is 0 Å². The maximum absolute atomic E-state index is 4.48. The molecular formula is C19H22N2. The first-order valence-corrected chi connectivity index (χ1v) is 8.04. The van der Waals surface area contributed by atoms with Gasteiger partial charge in [0, 0.05) is 24.2 Å². The van der Waals surface area contributed by atoms with Gasteiger partial charge in [0.15, 0.2) is 0 Å². The predicted molar refractivity (Wildman–Crippen MR) is 87.2 cm³/mol. The highest BCUT2D eigenvalue weighted by atomic mass is 15.2. The van der Waals surface area contributed by atoms with E-state index in [9.17, 15) is 0 Å². The molecule has 1 aromatic heterocycles. The molecule has 1 unspecified atom stereocenters. The average Bonchev–Trinajstić information content (AvgIpc) is 2.56. The van der Waals surface area contributed by atoms with Crippen molar-refractivity contribution in [3.05, 3.63) is 54.7 Å². The van der Waals surface area contributed by atoms with Crippen LogP contribution in [-0.2, 0) is 6.42 Å². The number of hydrogen-bond acceptors (Lipinski definition) is 2. The minimum atomic E-state index is 0.700. The molecule has 0 spiro atoms. The molecule has 4 heterocycles. The van der Waals surface area contributed by atoms with Crippen LogP contribution in [-0.4, -0.2) is 29.0 Å². The number of pyridine rings is 1. The van der Waals surface area contributed by atoms with Crippen molar-refractivity contribution in [2.24, 2.45) is 11.8 Å². The quantitative estimate of drug-likeness (QED) is 0.796. The summed E-state index contributed by atoms with van der Waals surface area (Å²) in [6.45, 7) is 6.49. The molecule has 0 aliphatic carbocycles. The van der Waals surface area contributed by atoms with Crippen molar-refractivity contribution in [1.29, 1.82) is 0 Å². The molecule has 0 amide bonds. The molecule has 1 aromatic carbocycles. The zero-order valence-corrected chi connectivity index (χ0v) is 12.4. The molecule has 108 valence electrons. The van der Waals surface area contributed by atoms with Gasteiger partial charge >= 0.3 is 0 Å². The normalized spacial score (nSPS) is 31.4. The van der Waals surface area contributed by atoms with Crippen LogP contribution in [0.15, 0.2) is 49.2 Å². The summed E-state index contributed by atoms with van der Waals surface area (Å²) in [6.07, 6.45) is 7.97. The van der Waals surface area contributed by atoms with E-state index in [-0.39, 0.29) is 0 Å². The highest BCUT2D eigenvalue weighted by Crippen LogP contribution is 2.38. The maximum atomic E-state index is 4.48. The molecular weight excluding hydrogens is 256 g/mol. The lowest BCUT2D eigenvalue weighted by Crippen LogP contribution is -2.53. The molecule has 21 heavy (non-hydrogen) atoms. The van der Waals surface area contributed by atoms with Gasteiger partial charge in [-0.1, -0.05) is 24.3 Å². The lowest BCUT2D eigenvalue weighted by molar-refractivity contribution is 0.0196. The first-order valence-electron chi connectivity index (χ1n) is 8.04. The summed E-state index contributed by atoms with van der Waals surface area (Å²) in [5.74, 6) is 1.56. The zero-order chi connectivity index (χ0) is 14.2. The second-order valence-corrected chi connectivity index (χ2v) is 6.52. The molecule has 3 fully saturated rings. The van der Waals surface area contributed by atoms with Gasteiger partial charge in [-0.15, -0.1) is 6.58 Å². The van der Waals surface area contributed by atoms with Crippen molar-refractivity contribution in [2.75, 3.05) is 13.1 Å². The third-order valence-corrected chi connectivity index (χ3v) is 5.43. The van der Waals surface area contributed by atoms with Gasteiger partial charge in [-0.25, -0.2) is 0 Å². The Morgan fingerprint density at radius 2 is 2.19 bits per heavy atom. The summed E-state index contributed by atoms with van der Waals surface area (Å²) in [4.78, 5) is 7.16. The Hall–Kier alpha value is -1.67. The molecule has 0 N–H and O–H groups in total. The van der Waals surface area contributed by atoms with E-state index in [1.807, 2.05) is 6.20 Å². The number of fused-ring (bicyclic) bond motifs is 4. The van der Waals surface area contributed by atoms with Crippen molar-refractivity contribution in [3.8, 4) is 0 Å². The van der Waals surface area contributed by atoms with Gasteiger partial charge in [0.1, 0.15) is 0 Å². The highest BCUT2D eigenvalue weighted by molar-refractivity contribution is 5.81. The predicted octanol–water partition coefficient (Wildman–Crippen LogP) is 3.67. The van der Waals surface area contributed by atoms with E-state index in [2.05, 4.69) is 52.9 Å². The van der Waals surface area contributed by atoms with Crippen LogP contribution in [0.25, 0.3) is 10.9 Å². The molecule has 3 saturated heterocycles. The number of para-hydroxylation sites is 1. The molecule has 2 bridgehead atoms. The number of rotatable bonds is 3. The van der Waals surface area contributed by atoms with Crippen molar-refractivity contribution < 1.29 is 0 Å². The molecule has 2 heteroatoms. The third kappa shape index (κ3) is 2.28. The van der Waals surface area contributed by atoms with Crippen LogP contribution in [0.1, 0.15) is 18.4 Å². The van der Waals surface area contributed by atoms with E-state index in [1.54, 1.807) is 0 Å². The van der Waals surface area contributed by atoms with Crippen LogP contribution >= 0.6 is 0 Å². The van der Waals surface area contributed by atoms with Crippen molar-refractivity contribution in [2.45, 2.75) is 25.3 Å². The highest BCUT2D eigenvalue weighted by Gasteiger charge is 2.38. The Morgan fingerprint density at radius 1 is 1.29 bits per heavy atom. The molecule has 2 nitrogen and oxygen atoms in total. The van der Waals surface area contributed by atoms with Crippen LogP contribution in [0.5, 0.6) is 0 Å². The number of aromatic nitrogens is 1. The smallest absolute Gasteiger partial charge is 0.0704 e. The summed E-state index contributed by atoms with van der Waals surface area (Å²) in [7, 11) is 0. The Bertz CT molecular complexity index is 658. The minimum Gasteiger partial charge on any atom is -0.299 e. The fraction of sp³-hybridized carbons (Fsp3) is 0.421. The first-order chi connectivity index (χ1) is 10.3. The van der Waals surface area contributed by atoms with Gasteiger partial charge in [0.05, 0.1) is 5.52 Å². The summed E-state index contributed by atoms with van der Waals surface area (Å²) in [5.41, 5.74) is 2.57. The largest absolute Gasteiger partial charge is 0.299 e. The molecule has 0 radical (unpaired) electrons. The van der Waals surface area contributed by atoms with Crippen LogP contribution in [0.2, 0.25) is 0 Å². The topological polar surface area (TPSA) is 16.1 Å². The summed E-state index contributed by atoms with van der Waals surface area (Å²) in [6, 6.07) is 11.4. The van der Waals surface area contributed by atoms with E-state index in [0.29, 0.717) is 12.0 Å². The average molecular weight is 278 g/mol. The lowest BCUT2D eigenvalue weighted by atomic mass is 9.74. The van der Waals surface area contributed by atoms with Gasteiger partial charge < -0.3 is 0 Å². The van der Waals surface area contributed by atoms with E-state index in [1.165, 1.54) is 36.9 Å². The Kier molecular flexibility index (Phi) is 3.27. The lowest BCUT2D eigenvalue weighted by Gasteiger charge is -2.49. The Balaban J connectivity index is 1.60. The van der Waals surface area contributed by atoms with Gasteiger partial charge in [-0.2, -0.15) is 0 Å². The number of benzene rings is 1. The van der Waals surface area contributed by atoms with Crippen LogP contribution in [0, 0.1) is 11.8 Å². The van der Waals surface area contributed by atoms with E-state index < -0.39 is 0 Å². The molecule has 5 rings (SSSR count). The Labute approximate surface area is 126 Å². The standard InChI is InChI=1S/C19H22N2/c1-2-14-13-21-10-8-15(14)11-17(21)12-16-7-9-20-19-6-4-3-5-18(16)19/h2-7,9,14-15,17H,1,8,10-13H2/t14-,15-,17-/m0/s1.